The Morgan fingerprint density at radius 2 is 1.42 bits per heavy atom. The summed E-state index contributed by atoms with van der Waals surface area (Å²) in [6.45, 7) is 0. The minimum absolute atomic E-state index is 0.0938. The highest BCUT2D eigenvalue weighted by molar-refractivity contribution is 9.10. The lowest BCUT2D eigenvalue weighted by molar-refractivity contribution is -0.348. The zero-order valence-electron chi connectivity index (χ0n) is 23.0. The summed E-state index contributed by atoms with van der Waals surface area (Å²) in [4.78, 5) is 26.2. The van der Waals surface area contributed by atoms with Crippen molar-refractivity contribution < 1.29 is 75.0 Å². The number of halogens is 13. The summed E-state index contributed by atoms with van der Waals surface area (Å²) in [6.07, 6.45) is -19.3. The van der Waals surface area contributed by atoms with Gasteiger partial charge in [-0.15, -0.1) is 4.28 Å². The molecule has 0 aromatic heterocycles. The van der Waals surface area contributed by atoms with Crippen LogP contribution in [-0.4, -0.2) is 37.8 Å². The van der Waals surface area contributed by atoms with E-state index < -0.39 is 107 Å². The minimum Gasteiger partial charge on any atom is -0.320 e. The Morgan fingerprint density at radius 1 is 0.854 bits per heavy atom. The van der Waals surface area contributed by atoms with Crippen molar-refractivity contribution in [1.82, 2.24) is 0 Å². The maximum absolute atomic E-state index is 15.8. The predicted octanol–water partition coefficient (Wildman–Crippen LogP) is 8.36. The van der Waals surface area contributed by atoms with Gasteiger partial charge < -0.3 is 5.32 Å². The van der Waals surface area contributed by atoms with Gasteiger partial charge in [0, 0.05) is 15.6 Å². The second kappa shape index (κ2) is 12.6. The average molecular weight is 787 g/mol. The molecule has 1 aliphatic carbocycles. The van der Waals surface area contributed by atoms with Crippen LogP contribution >= 0.6 is 15.9 Å². The monoisotopic (exact) mass is 786 g/mol. The Kier molecular flexibility index (Phi) is 9.67. The topological polar surface area (TPSA) is 92.8 Å². The fourth-order valence-electron chi connectivity index (χ4n) is 4.09. The van der Waals surface area contributed by atoms with Crippen molar-refractivity contribution in [1.29, 1.82) is 0 Å². The van der Waals surface area contributed by atoms with Crippen molar-refractivity contribution in [2.75, 3.05) is 10.4 Å². The number of carbonyl (C=O) groups excluding carboxylic acids is 2. The van der Waals surface area contributed by atoms with Gasteiger partial charge in [0.05, 0.1) is 22.1 Å². The first-order valence-electron chi connectivity index (χ1n) is 12.8. The van der Waals surface area contributed by atoms with Gasteiger partial charge in [0.15, 0.2) is 5.82 Å². The molecular weight excluding hydrogens is 772 g/mol. The van der Waals surface area contributed by atoms with E-state index in [1.165, 1.54) is 5.32 Å². The number of hydroxylamine groups is 1. The van der Waals surface area contributed by atoms with Crippen molar-refractivity contribution in [3.05, 3.63) is 93.0 Å². The van der Waals surface area contributed by atoms with Crippen LogP contribution in [0.2, 0.25) is 0 Å². The van der Waals surface area contributed by atoms with Crippen LogP contribution in [0.1, 0.15) is 44.7 Å². The van der Waals surface area contributed by atoms with E-state index in [4.69, 9.17) is 4.28 Å². The van der Waals surface area contributed by atoms with Gasteiger partial charge in [0.1, 0.15) is 11.5 Å². The van der Waals surface area contributed by atoms with Crippen LogP contribution in [0.3, 0.4) is 0 Å². The SMILES string of the molecule is O=C(Nc1c(Br)cc(C(F)(C(F)(F)F)C(F)(F)F)cc1C(F)(F)F)c1cccc(N(OS(=O)(=O)C2CC2)C(=O)c2ccc(F)cc2)c1F. The molecule has 1 N–H and O–H groups in total. The van der Waals surface area contributed by atoms with E-state index in [1.54, 1.807) is 0 Å². The third-order valence-corrected chi connectivity index (χ3v) is 8.91. The number of amides is 2. The van der Waals surface area contributed by atoms with E-state index in [0.717, 1.165) is 30.3 Å². The van der Waals surface area contributed by atoms with Gasteiger partial charge >= 0.3 is 24.2 Å². The highest BCUT2D eigenvalue weighted by Gasteiger charge is 2.73. The molecule has 21 heteroatoms. The molecule has 2 amide bonds. The molecule has 0 aliphatic heterocycles. The van der Waals surface area contributed by atoms with Crippen molar-refractivity contribution >= 4 is 49.2 Å². The molecule has 0 unspecified atom stereocenters. The lowest BCUT2D eigenvalue weighted by atomic mass is 9.92. The predicted molar refractivity (Wildman–Crippen MR) is 145 cm³/mol. The number of carbonyl (C=O) groups is 2. The van der Waals surface area contributed by atoms with Crippen LogP contribution in [0.4, 0.5) is 64.1 Å². The van der Waals surface area contributed by atoms with Crippen molar-refractivity contribution in [3.8, 4) is 0 Å². The zero-order valence-corrected chi connectivity index (χ0v) is 25.4. The Morgan fingerprint density at radius 3 is 1.92 bits per heavy atom. The van der Waals surface area contributed by atoms with Crippen molar-refractivity contribution in [2.45, 2.75) is 42.3 Å². The van der Waals surface area contributed by atoms with Gasteiger partial charge in [-0.25, -0.2) is 13.2 Å². The summed E-state index contributed by atoms with van der Waals surface area (Å²) in [6, 6.07) is 4.21. The molecule has 4 rings (SSSR count). The Labute approximate surface area is 269 Å². The van der Waals surface area contributed by atoms with E-state index in [0.29, 0.717) is 12.1 Å². The maximum atomic E-state index is 15.8. The molecule has 3 aromatic carbocycles. The first kappa shape index (κ1) is 37.0. The highest BCUT2D eigenvalue weighted by atomic mass is 79.9. The van der Waals surface area contributed by atoms with Gasteiger partial charge in [-0.2, -0.15) is 53.0 Å². The Hall–Kier alpha value is -3.85. The quantitative estimate of drug-likeness (QED) is 0.183. The maximum Gasteiger partial charge on any atom is 0.435 e. The normalized spacial score (nSPS) is 14.5. The van der Waals surface area contributed by atoms with E-state index >= 15 is 4.39 Å². The molecular formula is C27H15BrF12N2O5S. The van der Waals surface area contributed by atoms with E-state index in [-0.39, 0.29) is 24.0 Å². The summed E-state index contributed by atoms with van der Waals surface area (Å²) in [5.41, 5.74) is -15.7. The summed E-state index contributed by atoms with van der Waals surface area (Å²) in [5, 5.41) is 0.240. The zero-order chi connectivity index (χ0) is 36.2. The first-order valence-corrected chi connectivity index (χ1v) is 15.0. The van der Waals surface area contributed by atoms with Crippen molar-refractivity contribution in [3.63, 3.8) is 0 Å². The fraction of sp³-hybridized carbons (Fsp3) is 0.259. The van der Waals surface area contributed by atoms with E-state index in [2.05, 4.69) is 15.9 Å². The highest BCUT2D eigenvalue weighted by Crippen LogP contribution is 2.55. The molecule has 0 radical (unpaired) electrons. The van der Waals surface area contributed by atoms with Crippen molar-refractivity contribution in [2.24, 2.45) is 0 Å². The van der Waals surface area contributed by atoms with Crippen LogP contribution in [-0.2, 0) is 26.2 Å². The molecule has 0 spiro atoms. The Balaban J connectivity index is 1.80. The lowest BCUT2D eigenvalue weighted by Crippen LogP contribution is -2.50. The number of hydrogen-bond acceptors (Lipinski definition) is 5. The molecule has 260 valence electrons. The lowest BCUT2D eigenvalue weighted by Gasteiger charge is -2.31. The molecule has 0 bridgehead atoms. The van der Waals surface area contributed by atoms with Crippen LogP contribution < -0.4 is 10.4 Å². The molecule has 48 heavy (non-hydrogen) atoms. The number of hydrogen-bond donors (Lipinski definition) is 1. The Bertz CT molecular complexity index is 1840. The molecule has 1 aliphatic rings. The number of nitrogens with zero attached hydrogens (tertiary/aromatic N) is 1. The second-order valence-electron chi connectivity index (χ2n) is 10.00. The van der Waals surface area contributed by atoms with Crippen LogP contribution in [0.15, 0.2) is 59.1 Å². The number of rotatable bonds is 8. The smallest absolute Gasteiger partial charge is 0.320 e. The minimum atomic E-state index is -6.80. The van der Waals surface area contributed by atoms with Crippen LogP contribution in [0, 0.1) is 11.6 Å². The number of nitrogens with one attached hydrogen (secondary N) is 1. The summed E-state index contributed by atoms with van der Waals surface area (Å²) >= 11 is 2.30. The average Bonchev–Trinajstić information content (AvgIpc) is 3.82. The van der Waals surface area contributed by atoms with Gasteiger partial charge in [0.2, 0.25) is 0 Å². The number of anilines is 2. The number of benzene rings is 3. The van der Waals surface area contributed by atoms with E-state index in [1.807, 2.05) is 0 Å². The summed E-state index contributed by atoms with van der Waals surface area (Å²) < 4.78 is 194. The number of alkyl halides is 10. The van der Waals surface area contributed by atoms with E-state index in [9.17, 15) is 66.3 Å². The first-order chi connectivity index (χ1) is 21.9. The molecule has 3 aromatic rings. The molecule has 0 heterocycles. The van der Waals surface area contributed by atoms with Crippen LogP contribution in [0.5, 0.6) is 0 Å². The third-order valence-electron chi connectivity index (χ3n) is 6.64. The second-order valence-corrected chi connectivity index (χ2v) is 12.7. The molecule has 1 saturated carbocycles. The standard InChI is InChI=1S/C27H15BrF12N2O5S/c28-18-11-13(24(31,26(35,36)37)27(38,39)40)10-17(25(32,33)34)21(18)41-22(43)16-2-1-3-19(20(16)30)42(47-48(45,46)15-8-9-15)23(44)12-4-6-14(29)7-5-12/h1-7,10-11,15H,8-9H2,(H,41,43). The van der Waals surface area contributed by atoms with Crippen LogP contribution in [0.25, 0.3) is 0 Å². The van der Waals surface area contributed by atoms with Gasteiger partial charge in [-0.3, -0.25) is 9.59 Å². The third kappa shape index (κ3) is 7.12. The molecule has 1 fully saturated rings. The molecule has 7 nitrogen and oxygen atoms in total. The van der Waals surface area contributed by atoms with Gasteiger partial charge in [-0.1, -0.05) is 6.07 Å². The largest absolute Gasteiger partial charge is 0.435 e. The fourth-order valence-corrected chi connectivity index (χ4v) is 5.84. The van der Waals surface area contributed by atoms with Gasteiger partial charge in [-0.05, 0) is 77.3 Å². The summed E-state index contributed by atoms with van der Waals surface area (Å²) in [7, 11) is -4.62. The summed E-state index contributed by atoms with van der Waals surface area (Å²) in [5.74, 6) is -5.92. The van der Waals surface area contributed by atoms with Gasteiger partial charge in [0.25, 0.3) is 21.9 Å². The molecule has 0 atom stereocenters. The molecule has 0 saturated heterocycles.